The van der Waals surface area contributed by atoms with Gasteiger partial charge in [0.15, 0.2) is 0 Å². The van der Waals surface area contributed by atoms with Crippen molar-refractivity contribution in [3.63, 3.8) is 0 Å². The normalized spacial score (nSPS) is 10.9. The van der Waals surface area contributed by atoms with Crippen LogP contribution < -0.4 is 0 Å². The lowest BCUT2D eigenvalue weighted by molar-refractivity contribution is 0.471. The van der Waals surface area contributed by atoms with Gasteiger partial charge in [0.2, 0.25) is 0 Å². The molecule has 74 valence electrons. The van der Waals surface area contributed by atoms with E-state index in [0.717, 1.165) is 0 Å². The van der Waals surface area contributed by atoms with Crippen LogP contribution in [0, 0.1) is 14.9 Å². The van der Waals surface area contributed by atoms with Gasteiger partial charge in [-0.1, -0.05) is 0 Å². The van der Waals surface area contributed by atoms with E-state index in [-0.39, 0.29) is 10.5 Å². The van der Waals surface area contributed by atoms with Crippen molar-refractivity contribution in [1.82, 2.24) is 0 Å². The first-order valence-electron chi connectivity index (χ1n) is 3.23. The summed E-state index contributed by atoms with van der Waals surface area (Å²) in [5.74, 6) is -0.390. The quantitative estimate of drug-likeness (QED) is 0.623. The molecular formula is C7H3ClINO3S. The van der Waals surface area contributed by atoms with E-state index < -0.39 is 14.8 Å². The van der Waals surface area contributed by atoms with E-state index >= 15 is 0 Å². The molecule has 1 N–H and O–H groups in total. The second-order valence-corrected chi connectivity index (χ2v) is 6.13. The number of halogens is 2. The maximum atomic E-state index is 11.0. The summed E-state index contributed by atoms with van der Waals surface area (Å²) in [6.07, 6.45) is 0. The van der Waals surface area contributed by atoms with E-state index in [9.17, 15) is 13.5 Å². The first kappa shape index (κ1) is 11.6. The highest BCUT2D eigenvalue weighted by Crippen LogP contribution is 2.29. The van der Waals surface area contributed by atoms with Crippen LogP contribution in [0.15, 0.2) is 17.0 Å². The zero-order valence-electron chi connectivity index (χ0n) is 6.53. The van der Waals surface area contributed by atoms with Crippen LogP contribution in [-0.2, 0) is 9.05 Å². The Labute approximate surface area is 98.7 Å². The number of aromatic hydroxyl groups is 1. The number of benzene rings is 1. The van der Waals surface area contributed by atoms with E-state index in [4.69, 9.17) is 15.9 Å². The molecule has 0 fully saturated rings. The zero-order valence-corrected chi connectivity index (χ0v) is 10.3. The molecule has 0 atom stereocenters. The molecule has 14 heavy (non-hydrogen) atoms. The molecular weight excluding hydrogens is 341 g/mol. The van der Waals surface area contributed by atoms with Gasteiger partial charge in [-0.2, -0.15) is 5.26 Å². The van der Waals surface area contributed by atoms with Crippen LogP contribution in [-0.4, -0.2) is 13.5 Å². The van der Waals surface area contributed by atoms with Crippen LogP contribution in [0.1, 0.15) is 5.56 Å². The number of phenols is 1. The van der Waals surface area contributed by atoms with E-state index in [1.165, 1.54) is 12.1 Å². The summed E-state index contributed by atoms with van der Waals surface area (Å²) in [5.41, 5.74) is -0.333. The van der Waals surface area contributed by atoms with Crippen molar-refractivity contribution in [3.8, 4) is 11.8 Å². The van der Waals surface area contributed by atoms with Crippen molar-refractivity contribution in [2.45, 2.75) is 4.90 Å². The molecule has 1 rings (SSSR count). The fraction of sp³-hybridized carbons (Fsp3) is 0. The van der Waals surface area contributed by atoms with Gasteiger partial charge in [0.1, 0.15) is 22.3 Å². The second kappa shape index (κ2) is 3.92. The maximum Gasteiger partial charge on any atom is 0.262 e. The van der Waals surface area contributed by atoms with Crippen molar-refractivity contribution in [2.75, 3.05) is 0 Å². The van der Waals surface area contributed by atoms with Crippen LogP contribution in [0.25, 0.3) is 0 Å². The molecule has 0 saturated heterocycles. The minimum absolute atomic E-state index is 0.333. The molecule has 0 aliphatic heterocycles. The largest absolute Gasteiger partial charge is 0.506 e. The summed E-state index contributed by atoms with van der Waals surface area (Å²) < 4.78 is 22.5. The van der Waals surface area contributed by atoms with Gasteiger partial charge in [0.25, 0.3) is 9.05 Å². The fourth-order valence-corrected chi connectivity index (χ4v) is 2.72. The molecule has 0 heterocycles. The summed E-state index contributed by atoms with van der Waals surface area (Å²) >= 11 is 1.81. The van der Waals surface area contributed by atoms with Gasteiger partial charge in [-0.25, -0.2) is 8.42 Å². The van der Waals surface area contributed by atoms with Crippen molar-refractivity contribution < 1.29 is 13.5 Å². The van der Waals surface area contributed by atoms with Crippen LogP contribution in [0.3, 0.4) is 0 Å². The molecule has 0 aliphatic carbocycles. The Hall–Kier alpha value is -0.520. The molecule has 0 spiro atoms. The maximum absolute atomic E-state index is 11.0. The van der Waals surface area contributed by atoms with Crippen molar-refractivity contribution in [1.29, 1.82) is 5.26 Å². The van der Waals surface area contributed by atoms with Gasteiger partial charge in [0, 0.05) is 14.3 Å². The molecule has 0 unspecified atom stereocenters. The monoisotopic (exact) mass is 343 g/mol. The fourth-order valence-electron chi connectivity index (χ4n) is 0.873. The summed E-state index contributed by atoms with van der Waals surface area (Å²) in [6, 6.07) is 4.09. The third-order valence-corrected chi connectivity index (χ3v) is 3.39. The smallest absolute Gasteiger partial charge is 0.262 e. The van der Waals surface area contributed by atoms with Crippen molar-refractivity contribution in [3.05, 3.63) is 21.3 Å². The molecule has 7 heteroatoms. The summed E-state index contributed by atoms with van der Waals surface area (Å²) in [5, 5.41) is 17.9. The Balaban J connectivity index is 3.68. The van der Waals surface area contributed by atoms with E-state index in [1.807, 2.05) is 22.6 Å². The predicted molar refractivity (Wildman–Crippen MR) is 58.6 cm³/mol. The molecule has 0 aliphatic rings. The number of nitrogens with zero attached hydrogens (tertiary/aromatic N) is 1. The first-order valence-corrected chi connectivity index (χ1v) is 6.62. The molecule has 0 bridgehead atoms. The van der Waals surface area contributed by atoms with Crippen LogP contribution in [0.5, 0.6) is 5.75 Å². The predicted octanol–water partition coefficient (Wildman–Crippen LogP) is 1.80. The van der Waals surface area contributed by atoms with Gasteiger partial charge in [0.05, 0.1) is 0 Å². The average molecular weight is 344 g/mol. The highest BCUT2D eigenvalue weighted by atomic mass is 127. The lowest BCUT2D eigenvalue weighted by Gasteiger charge is -2.02. The Morgan fingerprint density at radius 3 is 2.50 bits per heavy atom. The Kier molecular flexibility index (Phi) is 3.24. The Morgan fingerprint density at radius 2 is 2.07 bits per heavy atom. The molecule has 0 aromatic heterocycles. The van der Waals surface area contributed by atoms with Crippen LogP contribution >= 0.6 is 33.3 Å². The molecule has 4 nitrogen and oxygen atoms in total. The van der Waals surface area contributed by atoms with Gasteiger partial charge in [-0.15, -0.1) is 0 Å². The zero-order chi connectivity index (χ0) is 10.9. The highest BCUT2D eigenvalue weighted by Gasteiger charge is 2.19. The van der Waals surface area contributed by atoms with Crippen LogP contribution in [0.2, 0.25) is 0 Å². The Bertz CT molecular complexity index is 520. The Morgan fingerprint density at radius 1 is 1.50 bits per heavy atom. The molecule has 0 amide bonds. The first-order chi connectivity index (χ1) is 6.36. The number of nitriles is 1. The second-order valence-electron chi connectivity index (χ2n) is 2.35. The van der Waals surface area contributed by atoms with Gasteiger partial charge in [-0.3, -0.25) is 0 Å². The van der Waals surface area contributed by atoms with Gasteiger partial charge >= 0.3 is 0 Å². The lowest BCUT2D eigenvalue weighted by atomic mass is 10.2. The third-order valence-electron chi connectivity index (χ3n) is 1.42. The van der Waals surface area contributed by atoms with E-state index in [0.29, 0.717) is 3.57 Å². The number of rotatable bonds is 1. The minimum atomic E-state index is -4.01. The van der Waals surface area contributed by atoms with E-state index in [2.05, 4.69) is 0 Å². The molecule has 0 radical (unpaired) electrons. The van der Waals surface area contributed by atoms with Gasteiger partial charge < -0.3 is 5.11 Å². The number of hydrogen-bond acceptors (Lipinski definition) is 4. The van der Waals surface area contributed by atoms with Crippen molar-refractivity contribution in [2.24, 2.45) is 0 Å². The van der Waals surface area contributed by atoms with Crippen LogP contribution in [0.4, 0.5) is 0 Å². The summed E-state index contributed by atoms with van der Waals surface area (Å²) in [4.78, 5) is -0.369. The minimum Gasteiger partial charge on any atom is -0.506 e. The number of phenolic OH excluding ortho intramolecular Hbond substituents is 1. The molecule has 1 aromatic rings. The molecule has 0 saturated carbocycles. The standard InChI is InChI=1S/C7H3ClINO3S/c8-14(12,13)7-2-4(9)1-6(11)5(7)3-10/h1-2,11H. The number of hydrogen-bond donors (Lipinski definition) is 1. The summed E-state index contributed by atoms with van der Waals surface area (Å²) in [7, 11) is 1.09. The molecule has 1 aromatic carbocycles. The highest BCUT2D eigenvalue weighted by molar-refractivity contribution is 14.1. The van der Waals surface area contributed by atoms with E-state index in [1.54, 1.807) is 6.07 Å². The lowest BCUT2D eigenvalue weighted by Crippen LogP contribution is -1.96. The summed E-state index contributed by atoms with van der Waals surface area (Å²) in [6.45, 7) is 0. The topological polar surface area (TPSA) is 78.2 Å². The van der Waals surface area contributed by atoms with Gasteiger partial charge in [-0.05, 0) is 34.7 Å². The van der Waals surface area contributed by atoms with Crippen molar-refractivity contribution >= 4 is 42.3 Å². The average Bonchev–Trinajstić information content (AvgIpc) is 2.01. The SMILES string of the molecule is N#Cc1c(O)cc(I)cc1S(=O)(=O)Cl. The third kappa shape index (κ3) is 2.29.